The lowest BCUT2D eigenvalue weighted by atomic mass is 10.1. The van der Waals surface area contributed by atoms with E-state index < -0.39 is 0 Å². The van der Waals surface area contributed by atoms with Gasteiger partial charge in [-0.3, -0.25) is 4.90 Å². The van der Waals surface area contributed by atoms with Gasteiger partial charge in [-0.2, -0.15) is 0 Å². The summed E-state index contributed by atoms with van der Waals surface area (Å²) in [7, 11) is 0. The average molecular weight is 238 g/mol. The molecule has 0 aliphatic carbocycles. The second-order valence-electron chi connectivity index (χ2n) is 4.77. The first-order chi connectivity index (χ1) is 8.06. The number of benzene rings is 1. The minimum absolute atomic E-state index is 0.211. The van der Waals surface area contributed by atoms with Gasteiger partial charge in [-0.05, 0) is 26.0 Å². The maximum Gasteiger partial charge on any atom is 0.129 e. The zero-order valence-electron chi connectivity index (χ0n) is 10.3. The van der Waals surface area contributed by atoms with Crippen LogP contribution in [0.25, 0.3) is 0 Å². The van der Waals surface area contributed by atoms with Crippen LogP contribution in [0.3, 0.4) is 0 Å². The normalized spacial score (nSPS) is 26.1. The summed E-state index contributed by atoms with van der Waals surface area (Å²) in [5.74, 6) is -0.226. The highest BCUT2D eigenvalue weighted by Crippen LogP contribution is 2.18. The quantitative estimate of drug-likeness (QED) is 0.801. The van der Waals surface area contributed by atoms with Crippen LogP contribution in [-0.2, 0) is 11.3 Å². The van der Waals surface area contributed by atoms with Crippen molar-refractivity contribution < 1.29 is 9.13 Å². The number of ether oxygens (including phenoxy) is 1. The number of anilines is 1. The topological polar surface area (TPSA) is 38.5 Å². The van der Waals surface area contributed by atoms with Crippen LogP contribution < -0.4 is 5.73 Å². The molecule has 3 nitrogen and oxygen atoms in total. The first-order valence-corrected chi connectivity index (χ1v) is 5.96. The van der Waals surface area contributed by atoms with Gasteiger partial charge in [0.15, 0.2) is 0 Å². The van der Waals surface area contributed by atoms with E-state index in [9.17, 15) is 4.39 Å². The van der Waals surface area contributed by atoms with Gasteiger partial charge in [-0.25, -0.2) is 4.39 Å². The number of morpholine rings is 1. The van der Waals surface area contributed by atoms with Crippen molar-refractivity contribution in [1.82, 2.24) is 4.90 Å². The zero-order valence-corrected chi connectivity index (χ0v) is 10.3. The molecule has 1 fully saturated rings. The number of nitrogens with two attached hydrogens (primary N) is 1. The molecule has 2 rings (SSSR count). The summed E-state index contributed by atoms with van der Waals surface area (Å²) >= 11 is 0. The molecule has 2 atom stereocenters. The van der Waals surface area contributed by atoms with Crippen LogP contribution in [0.1, 0.15) is 19.4 Å². The minimum Gasteiger partial charge on any atom is -0.399 e. The van der Waals surface area contributed by atoms with Crippen molar-refractivity contribution in [1.29, 1.82) is 0 Å². The number of nitrogen functional groups attached to an aromatic ring is 1. The van der Waals surface area contributed by atoms with Crippen LogP contribution in [0.15, 0.2) is 18.2 Å². The Kier molecular flexibility index (Phi) is 3.64. The van der Waals surface area contributed by atoms with E-state index in [0.717, 1.165) is 6.54 Å². The molecule has 1 aliphatic heterocycles. The summed E-state index contributed by atoms with van der Waals surface area (Å²) in [5, 5.41) is 0. The SMILES string of the molecule is CC1CN(Cc2ccc(N)cc2F)C(C)CO1. The molecular formula is C13H19FN2O. The largest absolute Gasteiger partial charge is 0.399 e. The molecule has 94 valence electrons. The van der Waals surface area contributed by atoms with Gasteiger partial charge in [-0.15, -0.1) is 0 Å². The summed E-state index contributed by atoms with van der Waals surface area (Å²) in [6.45, 7) is 6.29. The molecule has 0 amide bonds. The Labute approximate surface area is 101 Å². The van der Waals surface area contributed by atoms with E-state index in [2.05, 4.69) is 11.8 Å². The molecular weight excluding hydrogens is 219 g/mol. The fourth-order valence-electron chi connectivity index (χ4n) is 2.10. The van der Waals surface area contributed by atoms with E-state index in [0.29, 0.717) is 30.4 Å². The van der Waals surface area contributed by atoms with Crippen LogP contribution in [0.5, 0.6) is 0 Å². The van der Waals surface area contributed by atoms with Crippen LogP contribution >= 0.6 is 0 Å². The summed E-state index contributed by atoms with van der Waals surface area (Å²) in [5.41, 5.74) is 6.70. The van der Waals surface area contributed by atoms with Crippen LogP contribution in [0, 0.1) is 5.82 Å². The van der Waals surface area contributed by atoms with Crippen LogP contribution in [0.4, 0.5) is 10.1 Å². The third-order valence-corrected chi connectivity index (χ3v) is 3.19. The second kappa shape index (κ2) is 5.02. The van der Waals surface area contributed by atoms with Gasteiger partial charge in [0.05, 0.1) is 12.7 Å². The lowest BCUT2D eigenvalue weighted by Gasteiger charge is -2.36. The predicted octanol–water partition coefficient (Wildman–Crippen LogP) is 2.02. The van der Waals surface area contributed by atoms with E-state index in [1.54, 1.807) is 12.1 Å². The monoisotopic (exact) mass is 238 g/mol. The molecule has 1 saturated heterocycles. The van der Waals surface area contributed by atoms with E-state index in [4.69, 9.17) is 10.5 Å². The number of halogens is 1. The summed E-state index contributed by atoms with van der Waals surface area (Å²) in [4.78, 5) is 2.24. The first-order valence-electron chi connectivity index (χ1n) is 5.96. The molecule has 4 heteroatoms. The van der Waals surface area contributed by atoms with Crippen molar-refractivity contribution in [3.05, 3.63) is 29.6 Å². The number of rotatable bonds is 2. The molecule has 0 radical (unpaired) electrons. The fourth-order valence-corrected chi connectivity index (χ4v) is 2.10. The molecule has 0 saturated carbocycles. The predicted molar refractivity (Wildman–Crippen MR) is 66.1 cm³/mol. The van der Waals surface area contributed by atoms with Crippen molar-refractivity contribution in [3.8, 4) is 0 Å². The maximum absolute atomic E-state index is 13.7. The van der Waals surface area contributed by atoms with Gasteiger partial charge in [-0.1, -0.05) is 6.07 Å². The first kappa shape index (κ1) is 12.3. The van der Waals surface area contributed by atoms with Gasteiger partial charge < -0.3 is 10.5 Å². The molecule has 1 heterocycles. The van der Waals surface area contributed by atoms with Gasteiger partial charge in [0.25, 0.3) is 0 Å². The summed E-state index contributed by atoms with van der Waals surface area (Å²) in [6, 6.07) is 5.21. The summed E-state index contributed by atoms with van der Waals surface area (Å²) < 4.78 is 19.2. The lowest BCUT2D eigenvalue weighted by Crippen LogP contribution is -2.46. The molecule has 0 spiro atoms. The van der Waals surface area contributed by atoms with Gasteiger partial charge in [0.1, 0.15) is 5.82 Å². The number of nitrogens with zero attached hydrogens (tertiary/aromatic N) is 1. The number of hydrogen-bond acceptors (Lipinski definition) is 3. The van der Waals surface area contributed by atoms with E-state index in [1.807, 2.05) is 6.92 Å². The Balaban J connectivity index is 2.08. The molecule has 2 unspecified atom stereocenters. The number of hydrogen-bond donors (Lipinski definition) is 1. The molecule has 1 aliphatic rings. The Hall–Kier alpha value is -1.13. The van der Waals surface area contributed by atoms with Crippen molar-refractivity contribution in [2.24, 2.45) is 0 Å². The highest BCUT2D eigenvalue weighted by molar-refractivity contribution is 5.40. The van der Waals surface area contributed by atoms with Crippen molar-refractivity contribution >= 4 is 5.69 Å². The third-order valence-electron chi connectivity index (χ3n) is 3.19. The molecule has 1 aromatic rings. The summed E-state index contributed by atoms with van der Waals surface area (Å²) in [6.07, 6.45) is 0.211. The molecule has 2 N–H and O–H groups in total. The van der Waals surface area contributed by atoms with E-state index in [-0.39, 0.29) is 11.9 Å². The molecule has 1 aromatic carbocycles. The third kappa shape index (κ3) is 2.96. The molecule has 17 heavy (non-hydrogen) atoms. The Bertz CT molecular complexity index is 397. The smallest absolute Gasteiger partial charge is 0.129 e. The highest BCUT2D eigenvalue weighted by atomic mass is 19.1. The highest BCUT2D eigenvalue weighted by Gasteiger charge is 2.23. The Morgan fingerprint density at radius 2 is 2.24 bits per heavy atom. The fraction of sp³-hybridized carbons (Fsp3) is 0.538. The minimum atomic E-state index is -0.226. The zero-order chi connectivity index (χ0) is 12.4. The lowest BCUT2D eigenvalue weighted by molar-refractivity contribution is -0.0529. The van der Waals surface area contributed by atoms with Crippen LogP contribution in [-0.4, -0.2) is 30.2 Å². The average Bonchev–Trinajstić information content (AvgIpc) is 2.27. The van der Waals surface area contributed by atoms with Crippen LogP contribution in [0.2, 0.25) is 0 Å². The Morgan fingerprint density at radius 3 is 2.94 bits per heavy atom. The van der Waals surface area contributed by atoms with Gasteiger partial charge in [0.2, 0.25) is 0 Å². The second-order valence-corrected chi connectivity index (χ2v) is 4.77. The Morgan fingerprint density at radius 1 is 1.47 bits per heavy atom. The van der Waals surface area contributed by atoms with Gasteiger partial charge >= 0.3 is 0 Å². The maximum atomic E-state index is 13.7. The van der Waals surface area contributed by atoms with Crippen molar-refractivity contribution in [2.75, 3.05) is 18.9 Å². The van der Waals surface area contributed by atoms with Gasteiger partial charge in [0, 0.05) is 30.4 Å². The molecule has 0 aromatic heterocycles. The standard InChI is InChI=1S/C13H19FN2O/c1-9-8-17-10(2)6-16(9)7-11-3-4-12(15)5-13(11)14/h3-5,9-10H,6-8,15H2,1-2H3. The van der Waals surface area contributed by atoms with Crippen molar-refractivity contribution in [2.45, 2.75) is 32.5 Å². The molecule has 0 bridgehead atoms. The van der Waals surface area contributed by atoms with Crippen molar-refractivity contribution in [3.63, 3.8) is 0 Å². The van der Waals surface area contributed by atoms with E-state index >= 15 is 0 Å². The van der Waals surface area contributed by atoms with E-state index in [1.165, 1.54) is 6.07 Å².